The minimum atomic E-state index is 1.21. The quantitative estimate of drug-likeness (QED) is 0.0421. The van der Waals surface area contributed by atoms with Gasteiger partial charge in [0.15, 0.2) is 0 Å². The third kappa shape index (κ3) is 63.7. The fourth-order valence-corrected chi connectivity index (χ4v) is 10.8. The summed E-state index contributed by atoms with van der Waals surface area (Å²) < 4.78 is 0. The van der Waals surface area contributed by atoms with E-state index < -0.39 is 0 Å². The highest BCUT2D eigenvalue weighted by Gasteiger charge is 2.00. The largest absolute Gasteiger partial charge is 0.103 e. The molecular formula is C65H130. The molecule has 0 heteroatoms. The van der Waals surface area contributed by atoms with Gasteiger partial charge in [0.2, 0.25) is 0 Å². The van der Waals surface area contributed by atoms with Crippen LogP contribution in [-0.4, -0.2) is 0 Å². The zero-order valence-corrected chi connectivity index (χ0v) is 46.1. The minimum absolute atomic E-state index is 1.21. The molecule has 0 bridgehead atoms. The summed E-state index contributed by atoms with van der Waals surface area (Å²) in [6.07, 6.45) is 93.9. The summed E-state index contributed by atoms with van der Waals surface area (Å²) in [5.41, 5.74) is 0. The molecule has 0 aromatic heterocycles. The number of rotatable bonds is 62. The third-order valence-electron chi connectivity index (χ3n) is 15.5. The van der Waals surface area contributed by atoms with Gasteiger partial charge in [-0.2, -0.15) is 0 Å². The Bertz CT molecular complexity index is 781. The molecule has 0 amide bonds. The maximum atomic E-state index is 3.82. The molecule has 0 nitrogen and oxygen atoms in total. The van der Waals surface area contributed by atoms with Crippen molar-refractivity contribution in [3.63, 3.8) is 0 Å². The van der Waals surface area contributed by atoms with Gasteiger partial charge in [0.25, 0.3) is 0 Å². The summed E-state index contributed by atoms with van der Waals surface area (Å²) in [5, 5.41) is 0. The number of allylic oxidation sites excluding steroid dienone is 1. The van der Waals surface area contributed by atoms with Gasteiger partial charge < -0.3 is 0 Å². The molecule has 0 radical (unpaired) electrons. The van der Waals surface area contributed by atoms with Crippen LogP contribution in [0, 0.1) is 0 Å². The van der Waals surface area contributed by atoms with Gasteiger partial charge in [0.1, 0.15) is 0 Å². The zero-order chi connectivity index (χ0) is 46.5. The third-order valence-corrected chi connectivity index (χ3v) is 15.5. The second-order valence-corrected chi connectivity index (χ2v) is 22.3. The van der Waals surface area contributed by atoms with Crippen LogP contribution in [0.25, 0.3) is 0 Å². The van der Waals surface area contributed by atoms with Crippen LogP contribution < -0.4 is 0 Å². The molecule has 390 valence electrons. The van der Waals surface area contributed by atoms with Crippen molar-refractivity contribution in [2.45, 2.75) is 405 Å². The lowest BCUT2D eigenvalue weighted by Crippen LogP contribution is -1.85. The van der Waals surface area contributed by atoms with Gasteiger partial charge in [-0.15, -0.1) is 6.58 Å². The van der Waals surface area contributed by atoms with E-state index in [1.54, 1.807) is 0 Å². The van der Waals surface area contributed by atoms with Crippen molar-refractivity contribution in [3.05, 3.63) is 12.7 Å². The van der Waals surface area contributed by atoms with Crippen molar-refractivity contribution < 1.29 is 0 Å². The second-order valence-electron chi connectivity index (χ2n) is 22.3. The first-order chi connectivity index (χ1) is 32.4. The summed E-state index contributed by atoms with van der Waals surface area (Å²) in [6.45, 7) is 6.13. The monoisotopic (exact) mass is 911 g/mol. The highest BCUT2D eigenvalue weighted by Crippen LogP contribution is 2.20. The van der Waals surface area contributed by atoms with Crippen LogP contribution in [0.5, 0.6) is 0 Å². The topological polar surface area (TPSA) is 0 Å². The van der Waals surface area contributed by atoms with Gasteiger partial charge in [0, 0.05) is 0 Å². The molecular weight excluding hydrogens is 781 g/mol. The van der Waals surface area contributed by atoms with E-state index in [9.17, 15) is 0 Å². The van der Waals surface area contributed by atoms with Gasteiger partial charge in [-0.3, -0.25) is 0 Å². The van der Waals surface area contributed by atoms with Gasteiger partial charge in [-0.25, -0.2) is 0 Å². The average Bonchev–Trinajstić information content (AvgIpc) is 3.32. The van der Waals surface area contributed by atoms with Crippen LogP contribution in [0.1, 0.15) is 405 Å². The molecule has 0 aliphatic carbocycles. The van der Waals surface area contributed by atoms with E-state index in [2.05, 4.69) is 19.6 Å². The molecule has 0 heterocycles. The highest BCUT2D eigenvalue weighted by atomic mass is 14.1. The number of hydrogen-bond acceptors (Lipinski definition) is 0. The first-order valence-electron chi connectivity index (χ1n) is 32.0. The summed E-state index contributed by atoms with van der Waals surface area (Å²) >= 11 is 0. The predicted molar refractivity (Wildman–Crippen MR) is 302 cm³/mol. The molecule has 0 saturated heterocycles. The van der Waals surface area contributed by atoms with Crippen LogP contribution >= 0.6 is 0 Å². The van der Waals surface area contributed by atoms with Gasteiger partial charge in [-0.05, 0) is 12.8 Å². The molecule has 0 rings (SSSR count). The van der Waals surface area contributed by atoms with Crippen molar-refractivity contribution in [1.29, 1.82) is 0 Å². The standard InChI is InChI=1S/C65H130/c1-3-5-7-9-11-13-15-17-19-21-23-25-27-29-31-33-35-37-39-41-43-45-47-49-51-53-55-57-59-61-63-65-64-62-60-58-56-54-52-50-48-46-44-42-40-38-36-34-32-30-28-26-24-22-20-18-16-14-12-10-8-6-4-2/h3H,1,4-65H2,2H3. The van der Waals surface area contributed by atoms with Gasteiger partial charge >= 0.3 is 0 Å². The van der Waals surface area contributed by atoms with E-state index in [1.165, 1.54) is 398 Å². The SMILES string of the molecule is C=CCCCCCCCCCCCCCCCCCCCCCCCCCCCCCCCCCCCCCCCCCCCCCCCCCCCCCCCCCCCCCCC. The second kappa shape index (κ2) is 63.7. The summed E-state index contributed by atoms with van der Waals surface area (Å²) in [7, 11) is 0. The van der Waals surface area contributed by atoms with Crippen LogP contribution in [0.4, 0.5) is 0 Å². The normalized spacial score (nSPS) is 11.6. The Morgan fingerprint density at radius 1 is 0.154 bits per heavy atom. The molecule has 0 atom stereocenters. The first-order valence-corrected chi connectivity index (χ1v) is 32.0. The van der Waals surface area contributed by atoms with E-state index in [-0.39, 0.29) is 0 Å². The summed E-state index contributed by atoms with van der Waals surface area (Å²) in [6, 6.07) is 0. The first kappa shape index (κ1) is 64.7. The molecule has 0 saturated carbocycles. The molecule has 0 aliphatic heterocycles. The van der Waals surface area contributed by atoms with Crippen molar-refractivity contribution >= 4 is 0 Å². The summed E-state index contributed by atoms with van der Waals surface area (Å²) in [5.74, 6) is 0. The summed E-state index contributed by atoms with van der Waals surface area (Å²) in [4.78, 5) is 0. The van der Waals surface area contributed by atoms with Crippen LogP contribution in [0.3, 0.4) is 0 Å². The van der Waals surface area contributed by atoms with Crippen molar-refractivity contribution in [1.82, 2.24) is 0 Å². The van der Waals surface area contributed by atoms with E-state index in [0.29, 0.717) is 0 Å². The molecule has 65 heavy (non-hydrogen) atoms. The minimum Gasteiger partial charge on any atom is -0.103 e. The molecule has 0 aliphatic rings. The fraction of sp³-hybridized carbons (Fsp3) is 0.969. The maximum Gasteiger partial charge on any atom is -0.0353 e. The lowest BCUT2D eigenvalue weighted by Gasteiger charge is -2.05. The van der Waals surface area contributed by atoms with E-state index in [4.69, 9.17) is 0 Å². The van der Waals surface area contributed by atoms with Crippen LogP contribution in [-0.2, 0) is 0 Å². The Balaban J connectivity index is 3.06. The Hall–Kier alpha value is -0.260. The lowest BCUT2D eigenvalue weighted by molar-refractivity contribution is 0.506. The zero-order valence-electron chi connectivity index (χ0n) is 46.1. The number of hydrogen-bond donors (Lipinski definition) is 0. The molecule has 0 spiro atoms. The van der Waals surface area contributed by atoms with E-state index in [1.807, 2.05) is 0 Å². The Labute approximate surface area is 415 Å². The van der Waals surface area contributed by atoms with E-state index in [0.717, 1.165) is 0 Å². The smallest absolute Gasteiger partial charge is 0.0353 e. The Morgan fingerprint density at radius 2 is 0.246 bits per heavy atom. The fourth-order valence-electron chi connectivity index (χ4n) is 10.8. The lowest BCUT2D eigenvalue weighted by atomic mass is 10.0. The van der Waals surface area contributed by atoms with Crippen LogP contribution in [0.15, 0.2) is 12.7 Å². The van der Waals surface area contributed by atoms with Crippen molar-refractivity contribution in [2.75, 3.05) is 0 Å². The van der Waals surface area contributed by atoms with Gasteiger partial charge in [-0.1, -0.05) is 398 Å². The molecule has 0 unspecified atom stereocenters. The molecule has 0 fully saturated rings. The molecule has 0 N–H and O–H groups in total. The maximum absolute atomic E-state index is 3.82. The molecule has 0 aromatic carbocycles. The Kier molecular flexibility index (Phi) is 63.5. The van der Waals surface area contributed by atoms with Gasteiger partial charge in [0.05, 0.1) is 0 Å². The Morgan fingerprint density at radius 3 is 0.338 bits per heavy atom. The van der Waals surface area contributed by atoms with Crippen molar-refractivity contribution in [2.24, 2.45) is 0 Å². The predicted octanol–water partition coefficient (Wildman–Crippen LogP) is 25.4. The average molecular weight is 912 g/mol. The van der Waals surface area contributed by atoms with Crippen molar-refractivity contribution in [3.8, 4) is 0 Å². The number of unbranched alkanes of at least 4 members (excludes halogenated alkanes) is 61. The van der Waals surface area contributed by atoms with E-state index >= 15 is 0 Å². The molecule has 0 aromatic rings. The highest BCUT2D eigenvalue weighted by molar-refractivity contribution is 4.65. The van der Waals surface area contributed by atoms with Crippen LogP contribution in [0.2, 0.25) is 0 Å².